The van der Waals surface area contributed by atoms with E-state index in [1.807, 2.05) is 4.68 Å². The van der Waals surface area contributed by atoms with Crippen LogP contribution in [0.2, 0.25) is 0 Å². The van der Waals surface area contributed by atoms with Gasteiger partial charge in [-0.05, 0) is 33.9 Å². The summed E-state index contributed by atoms with van der Waals surface area (Å²) in [7, 11) is 4.25. The summed E-state index contributed by atoms with van der Waals surface area (Å²) in [6, 6.07) is -0.0533. The highest BCUT2D eigenvalue weighted by molar-refractivity contribution is 5.09. The fraction of sp³-hybridized carbons (Fsp3) is 0.833. The molecule has 1 aliphatic carbocycles. The number of nitrogens with two attached hydrogens (primary N) is 1. The Morgan fingerprint density at radius 2 is 2.12 bits per heavy atom. The molecule has 2 rings (SSSR count). The predicted molar refractivity (Wildman–Crippen MR) is 67.5 cm³/mol. The third-order valence-electron chi connectivity index (χ3n) is 4.16. The van der Waals surface area contributed by atoms with E-state index in [1.165, 1.54) is 12.8 Å². The molecule has 1 atom stereocenters. The Kier molecular flexibility index (Phi) is 3.49. The van der Waals surface area contributed by atoms with Gasteiger partial charge in [-0.25, -0.2) is 9.67 Å². The molecule has 0 spiro atoms. The highest BCUT2D eigenvalue weighted by atomic mass is 15.3. The zero-order valence-corrected chi connectivity index (χ0v) is 11.1. The van der Waals surface area contributed by atoms with E-state index >= 15 is 0 Å². The van der Waals surface area contributed by atoms with Crippen LogP contribution < -0.4 is 5.73 Å². The van der Waals surface area contributed by atoms with Gasteiger partial charge in [0.05, 0.1) is 6.04 Å². The molecule has 96 valence electrons. The van der Waals surface area contributed by atoms with E-state index in [0.717, 1.165) is 25.2 Å². The second-order valence-electron chi connectivity index (χ2n) is 5.12. The molecule has 0 radical (unpaired) electrons. The van der Waals surface area contributed by atoms with Gasteiger partial charge in [0, 0.05) is 12.1 Å². The lowest BCUT2D eigenvalue weighted by atomic mass is 9.86. The summed E-state index contributed by atoms with van der Waals surface area (Å²) in [5.41, 5.74) is 6.55. The van der Waals surface area contributed by atoms with Crippen molar-refractivity contribution in [1.82, 2.24) is 19.7 Å². The topological polar surface area (TPSA) is 60.0 Å². The average molecular weight is 237 g/mol. The van der Waals surface area contributed by atoms with Crippen LogP contribution in [0.1, 0.15) is 44.5 Å². The van der Waals surface area contributed by atoms with Crippen LogP contribution in [0.15, 0.2) is 6.33 Å². The fourth-order valence-corrected chi connectivity index (χ4v) is 3.02. The van der Waals surface area contributed by atoms with Gasteiger partial charge in [0.2, 0.25) is 0 Å². The van der Waals surface area contributed by atoms with Gasteiger partial charge in [0.25, 0.3) is 0 Å². The molecule has 5 heteroatoms. The van der Waals surface area contributed by atoms with Crippen molar-refractivity contribution in [1.29, 1.82) is 0 Å². The van der Waals surface area contributed by atoms with Crippen molar-refractivity contribution in [3.8, 4) is 0 Å². The summed E-state index contributed by atoms with van der Waals surface area (Å²) in [5.74, 6) is 0.920. The zero-order chi connectivity index (χ0) is 12.5. The maximum Gasteiger partial charge on any atom is 0.145 e. The van der Waals surface area contributed by atoms with E-state index in [1.54, 1.807) is 6.33 Å². The summed E-state index contributed by atoms with van der Waals surface area (Å²) in [5, 5.41) is 4.22. The van der Waals surface area contributed by atoms with Crippen molar-refractivity contribution < 1.29 is 0 Å². The number of nitrogens with zero attached hydrogens (tertiary/aromatic N) is 4. The Morgan fingerprint density at radius 3 is 2.65 bits per heavy atom. The Hall–Kier alpha value is -0.940. The second kappa shape index (κ2) is 4.74. The summed E-state index contributed by atoms with van der Waals surface area (Å²) in [6.07, 6.45) is 6.42. The van der Waals surface area contributed by atoms with Crippen LogP contribution in [0.25, 0.3) is 0 Å². The minimum absolute atomic E-state index is 0.0533. The Labute approximate surface area is 103 Å². The summed E-state index contributed by atoms with van der Waals surface area (Å²) in [6.45, 7) is 2.90. The molecule has 2 N–H and O–H groups in total. The van der Waals surface area contributed by atoms with E-state index in [2.05, 4.69) is 36.0 Å². The van der Waals surface area contributed by atoms with E-state index in [0.29, 0.717) is 0 Å². The maximum absolute atomic E-state index is 6.49. The van der Waals surface area contributed by atoms with E-state index in [4.69, 9.17) is 5.73 Å². The first-order valence-electron chi connectivity index (χ1n) is 6.42. The number of aryl methyl sites for hydroxylation is 1. The van der Waals surface area contributed by atoms with Gasteiger partial charge in [0.1, 0.15) is 12.2 Å². The molecule has 17 heavy (non-hydrogen) atoms. The molecular formula is C12H23N5. The van der Waals surface area contributed by atoms with Crippen molar-refractivity contribution in [2.24, 2.45) is 5.73 Å². The van der Waals surface area contributed by atoms with Gasteiger partial charge in [-0.2, -0.15) is 5.10 Å². The predicted octanol–water partition coefficient (Wildman–Crippen LogP) is 1.17. The Morgan fingerprint density at radius 1 is 1.47 bits per heavy atom. The van der Waals surface area contributed by atoms with Crippen molar-refractivity contribution in [3.63, 3.8) is 0 Å². The molecular weight excluding hydrogens is 214 g/mol. The third kappa shape index (κ3) is 1.98. The van der Waals surface area contributed by atoms with Crippen LogP contribution in [0.3, 0.4) is 0 Å². The van der Waals surface area contributed by atoms with Gasteiger partial charge in [-0.15, -0.1) is 0 Å². The lowest BCUT2D eigenvalue weighted by Gasteiger charge is -2.40. The first-order chi connectivity index (χ1) is 8.12. The molecule has 0 aliphatic heterocycles. The zero-order valence-electron chi connectivity index (χ0n) is 11.1. The third-order valence-corrected chi connectivity index (χ3v) is 4.16. The summed E-state index contributed by atoms with van der Waals surface area (Å²) < 4.78 is 1.91. The molecule has 0 amide bonds. The monoisotopic (exact) mass is 237 g/mol. The second-order valence-corrected chi connectivity index (χ2v) is 5.12. The van der Waals surface area contributed by atoms with Crippen LogP contribution in [0.5, 0.6) is 0 Å². The van der Waals surface area contributed by atoms with E-state index < -0.39 is 0 Å². The number of hydrogen-bond donors (Lipinski definition) is 1. The van der Waals surface area contributed by atoms with Crippen molar-refractivity contribution in [2.75, 3.05) is 14.1 Å². The molecule has 1 aliphatic rings. The van der Waals surface area contributed by atoms with Crippen LogP contribution in [-0.4, -0.2) is 39.3 Å². The molecule has 1 saturated carbocycles. The van der Waals surface area contributed by atoms with Gasteiger partial charge in [-0.3, -0.25) is 0 Å². The standard InChI is InChI=1S/C12H23N5/c1-4-17-11(14-9-15-17)10(13)12(16(2)3)7-5-6-8-12/h9-10H,4-8,13H2,1-3H3. The molecule has 1 aromatic heterocycles. The quantitative estimate of drug-likeness (QED) is 0.854. The van der Waals surface area contributed by atoms with Gasteiger partial charge >= 0.3 is 0 Å². The van der Waals surface area contributed by atoms with Gasteiger partial charge in [-0.1, -0.05) is 12.8 Å². The Balaban J connectivity index is 2.31. The largest absolute Gasteiger partial charge is 0.320 e. The highest BCUT2D eigenvalue weighted by Gasteiger charge is 2.43. The van der Waals surface area contributed by atoms with Crippen molar-refractivity contribution in [3.05, 3.63) is 12.2 Å². The molecule has 1 unspecified atom stereocenters. The van der Waals surface area contributed by atoms with E-state index in [-0.39, 0.29) is 11.6 Å². The molecule has 0 aromatic carbocycles. The Bertz CT molecular complexity index is 365. The molecule has 1 fully saturated rings. The minimum Gasteiger partial charge on any atom is -0.320 e. The molecule has 1 heterocycles. The number of hydrogen-bond acceptors (Lipinski definition) is 4. The highest BCUT2D eigenvalue weighted by Crippen LogP contribution is 2.41. The van der Waals surface area contributed by atoms with Crippen LogP contribution >= 0.6 is 0 Å². The van der Waals surface area contributed by atoms with Crippen LogP contribution in [0.4, 0.5) is 0 Å². The van der Waals surface area contributed by atoms with Crippen molar-refractivity contribution >= 4 is 0 Å². The van der Waals surface area contributed by atoms with Gasteiger partial charge < -0.3 is 10.6 Å². The molecule has 0 saturated heterocycles. The first kappa shape index (κ1) is 12.5. The number of rotatable bonds is 4. The molecule has 5 nitrogen and oxygen atoms in total. The summed E-state index contributed by atoms with van der Waals surface area (Å²) in [4.78, 5) is 6.64. The van der Waals surface area contributed by atoms with Crippen molar-refractivity contribution in [2.45, 2.75) is 50.7 Å². The SMILES string of the molecule is CCn1ncnc1C(N)C1(N(C)C)CCCC1. The number of aromatic nitrogens is 3. The van der Waals surface area contributed by atoms with E-state index in [9.17, 15) is 0 Å². The fourth-order valence-electron chi connectivity index (χ4n) is 3.02. The lowest BCUT2D eigenvalue weighted by molar-refractivity contribution is 0.117. The van der Waals surface area contributed by atoms with Crippen LogP contribution in [-0.2, 0) is 6.54 Å². The smallest absolute Gasteiger partial charge is 0.145 e. The number of likely N-dealkylation sites (N-methyl/N-ethyl adjacent to an activating group) is 1. The molecule has 1 aromatic rings. The minimum atomic E-state index is -0.0533. The van der Waals surface area contributed by atoms with Crippen LogP contribution in [0, 0.1) is 0 Å². The lowest BCUT2D eigenvalue weighted by Crippen LogP contribution is -2.51. The van der Waals surface area contributed by atoms with Gasteiger partial charge in [0.15, 0.2) is 0 Å². The maximum atomic E-state index is 6.49. The molecule has 0 bridgehead atoms. The summed E-state index contributed by atoms with van der Waals surface area (Å²) >= 11 is 0. The first-order valence-corrected chi connectivity index (χ1v) is 6.42. The average Bonchev–Trinajstić information content (AvgIpc) is 2.97. The normalized spacial score (nSPS) is 21.0.